The average Bonchev–Trinajstić information content (AvgIpc) is 3.25. The Morgan fingerprint density at radius 3 is 2.06 bits per heavy atom. The first kappa shape index (κ1) is 23.6. The average molecular weight is 451 g/mol. The third-order valence-electron chi connectivity index (χ3n) is 5.60. The summed E-state index contributed by atoms with van der Waals surface area (Å²) in [4.78, 5) is 24.3. The fourth-order valence-electron chi connectivity index (χ4n) is 3.82. The van der Waals surface area contributed by atoms with Gasteiger partial charge in [0.15, 0.2) is 0 Å². The third kappa shape index (κ3) is 5.79. The number of nitrogens with one attached hydrogen (secondary N) is 2. The molecule has 1 heterocycles. The number of carbonyl (C=O) groups is 2. The van der Waals surface area contributed by atoms with Gasteiger partial charge >= 0.3 is 0 Å². The largest absolute Gasteiger partial charge is 0.326 e. The molecule has 2 N–H and O–H groups in total. The van der Waals surface area contributed by atoms with Crippen molar-refractivity contribution in [3.63, 3.8) is 0 Å². The molecule has 1 aromatic heterocycles. The molecule has 7 heteroatoms. The number of amides is 2. The molecule has 2 amide bonds. The third-order valence-corrected chi connectivity index (χ3v) is 6.20. The van der Waals surface area contributed by atoms with Gasteiger partial charge < -0.3 is 10.6 Å². The standard InChI is InChI=1S/C25H30N4O2S/c1-16(2)14-22(25(4,5)23(31)28-24-29-26-15-32-24)20-8-6-18(7-9-20)19-10-12-21(13-11-19)27-17(3)30/h6-13,15-16,22H,14H2,1-5H3,(H,27,30)(H,28,29,31). The zero-order chi connectivity index (χ0) is 23.3. The number of aromatic nitrogens is 2. The predicted molar refractivity (Wildman–Crippen MR) is 131 cm³/mol. The molecule has 0 aliphatic heterocycles. The minimum absolute atomic E-state index is 0.0478. The van der Waals surface area contributed by atoms with E-state index in [4.69, 9.17) is 0 Å². The quantitative estimate of drug-likeness (QED) is 0.444. The summed E-state index contributed by atoms with van der Waals surface area (Å²) in [5.41, 5.74) is 5.04. The van der Waals surface area contributed by atoms with Crippen LogP contribution in [-0.2, 0) is 9.59 Å². The van der Waals surface area contributed by atoms with Crippen LogP contribution >= 0.6 is 11.3 Å². The van der Waals surface area contributed by atoms with E-state index in [9.17, 15) is 9.59 Å². The van der Waals surface area contributed by atoms with E-state index in [0.717, 1.165) is 28.8 Å². The van der Waals surface area contributed by atoms with Gasteiger partial charge in [-0.1, -0.05) is 75.4 Å². The van der Waals surface area contributed by atoms with E-state index < -0.39 is 5.41 Å². The second-order valence-electron chi connectivity index (χ2n) is 8.98. The fraction of sp³-hybridized carbons (Fsp3) is 0.360. The van der Waals surface area contributed by atoms with Gasteiger partial charge in [-0.15, -0.1) is 10.2 Å². The van der Waals surface area contributed by atoms with Crippen LogP contribution in [0.25, 0.3) is 11.1 Å². The molecule has 0 aliphatic carbocycles. The Bertz CT molecular complexity index is 1040. The molecule has 0 fully saturated rings. The number of benzene rings is 2. The van der Waals surface area contributed by atoms with Crippen molar-refractivity contribution in [1.82, 2.24) is 10.2 Å². The van der Waals surface area contributed by atoms with Gasteiger partial charge in [0.25, 0.3) is 0 Å². The summed E-state index contributed by atoms with van der Waals surface area (Å²) in [5, 5.41) is 14.0. The summed E-state index contributed by atoms with van der Waals surface area (Å²) >= 11 is 1.32. The molecule has 0 aliphatic rings. The normalized spacial score (nSPS) is 12.4. The Morgan fingerprint density at radius 1 is 0.969 bits per heavy atom. The van der Waals surface area contributed by atoms with Crippen molar-refractivity contribution in [1.29, 1.82) is 0 Å². The Hall–Kier alpha value is -3.06. The molecular weight excluding hydrogens is 420 g/mol. The molecule has 1 atom stereocenters. The van der Waals surface area contributed by atoms with Crippen LogP contribution in [0.5, 0.6) is 0 Å². The van der Waals surface area contributed by atoms with Crippen molar-refractivity contribution in [2.75, 3.05) is 10.6 Å². The lowest BCUT2D eigenvalue weighted by Crippen LogP contribution is -2.37. The maximum Gasteiger partial charge on any atom is 0.232 e. The summed E-state index contributed by atoms with van der Waals surface area (Å²) < 4.78 is 0. The van der Waals surface area contributed by atoms with Crippen LogP contribution < -0.4 is 10.6 Å². The maximum atomic E-state index is 13.1. The number of nitrogens with zero attached hydrogens (tertiary/aromatic N) is 2. The smallest absolute Gasteiger partial charge is 0.232 e. The van der Waals surface area contributed by atoms with Gasteiger partial charge in [-0.3, -0.25) is 9.59 Å². The van der Waals surface area contributed by atoms with Crippen LogP contribution in [-0.4, -0.2) is 22.0 Å². The monoisotopic (exact) mass is 450 g/mol. The van der Waals surface area contributed by atoms with Gasteiger partial charge in [0.05, 0.1) is 5.41 Å². The van der Waals surface area contributed by atoms with Crippen LogP contribution in [0, 0.1) is 11.3 Å². The first-order valence-corrected chi connectivity index (χ1v) is 11.6. The number of hydrogen-bond donors (Lipinski definition) is 2. The molecule has 32 heavy (non-hydrogen) atoms. The Kier molecular flexibility index (Phi) is 7.40. The number of carbonyl (C=O) groups excluding carboxylic acids is 2. The lowest BCUT2D eigenvalue weighted by molar-refractivity contribution is -0.125. The van der Waals surface area contributed by atoms with Crippen molar-refractivity contribution in [3.8, 4) is 11.1 Å². The van der Waals surface area contributed by atoms with Crippen LogP contribution in [0.1, 0.15) is 52.5 Å². The molecule has 0 spiro atoms. The van der Waals surface area contributed by atoms with E-state index in [1.165, 1.54) is 18.3 Å². The summed E-state index contributed by atoms with van der Waals surface area (Å²) in [6, 6.07) is 16.2. The van der Waals surface area contributed by atoms with Crippen LogP contribution in [0.4, 0.5) is 10.8 Å². The topological polar surface area (TPSA) is 84.0 Å². The van der Waals surface area contributed by atoms with E-state index in [2.05, 4.69) is 58.9 Å². The predicted octanol–water partition coefficient (Wildman–Crippen LogP) is 5.96. The lowest BCUT2D eigenvalue weighted by Gasteiger charge is -2.34. The fourth-order valence-corrected chi connectivity index (χ4v) is 4.26. The second kappa shape index (κ2) is 10.0. The molecule has 1 unspecified atom stereocenters. The van der Waals surface area contributed by atoms with Gasteiger partial charge in [0, 0.05) is 12.6 Å². The highest BCUT2D eigenvalue weighted by Crippen LogP contribution is 2.41. The Labute approximate surface area is 193 Å². The minimum atomic E-state index is -0.628. The Morgan fingerprint density at radius 2 is 1.56 bits per heavy atom. The maximum absolute atomic E-state index is 13.1. The molecule has 0 radical (unpaired) electrons. The molecule has 2 aromatic carbocycles. The van der Waals surface area contributed by atoms with Crippen molar-refractivity contribution in [2.45, 2.75) is 47.0 Å². The van der Waals surface area contributed by atoms with E-state index in [0.29, 0.717) is 11.0 Å². The molecule has 0 bridgehead atoms. The molecule has 0 saturated carbocycles. The van der Waals surface area contributed by atoms with Crippen molar-refractivity contribution in [2.24, 2.45) is 11.3 Å². The summed E-state index contributed by atoms with van der Waals surface area (Å²) in [6.45, 7) is 9.83. The lowest BCUT2D eigenvalue weighted by atomic mass is 9.70. The van der Waals surface area contributed by atoms with Gasteiger partial charge in [0.2, 0.25) is 16.9 Å². The van der Waals surface area contributed by atoms with E-state index in [1.54, 1.807) is 5.51 Å². The highest BCUT2D eigenvalue weighted by atomic mass is 32.1. The summed E-state index contributed by atoms with van der Waals surface area (Å²) in [7, 11) is 0. The molecule has 3 aromatic rings. The highest BCUT2D eigenvalue weighted by molar-refractivity contribution is 7.13. The van der Waals surface area contributed by atoms with Crippen LogP contribution in [0.2, 0.25) is 0 Å². The highest BCUT2D eigenvalue weighted by Gasteiger charge is 2.38. The second-order valence-corrected chi connectivity index (χ2v) is 9.82. The molecule has 6 nitrogen and oxygen atoms in total. The van der Waals surface area contributed by atoms with E-state index >= 15 is 0 Å². The first-order chi connectivity index (χ1) is 15.2. The number of anilines is 2. The minimum Gasteiger partial charge on any atom is -0.326 e. The van der Waals surface area contributed by atoms with E-state index in [1.807, 2.05) is 38.1 Å². The van der Waals surface area contributed by atoms with Crippen molar-refractivity contribution >= 4 is 34.0 Å². The van der Waals surface area contributed by atoms with E-state index in [-0.39, 0.29) is 17.7 Å². The zero-order valence-corrected chi connectivity index (χ0v) is 20.0. The van der Waals surface area contributed by atoms with Gasteiger partial charge in [-0.2, -0.15) is 0 Å². The number of rotatable bonds is 8. The first-order valence-electron chi connectivity index (χ1n) is 10.7. The van der Waals surface area contributed by atoms with Gasteiger partial charge in [-0.05, 0) is 47.1 Å². The van der Waals surface area contributed by atoms with Gasteiger partial charge in [-0.25, -0.2) is 0 Å². The SMILES string of the molecule is CC(=O)Nc1ccc(-c2ccc(C(CC(C)C)C(C)(C)C(=O)Nc3nncs3)cc2)cc1. The zero-order valence-electron chi connectivity index (χ0n) is 19.2. The van der Waals surface area contributed by atoms with Crippen molar-refractivity contribution < 1.29 is 9.59 Å². The van der Waals surface area contributed by atoms with Gasteiger partial charge in [0.1, 0.15) is 5.51 Å². The molecule has 0 saturated heterocycles. The van der Waals surface area contributed by atoms with Crippen molar-refractivity contribution in [3.05, 3.63) is 59.6 Å². The van der Waals surface area contributed by atoms with Crippen LogP contribution in [0.15, 0.2) is 54.0 Å². The summed E-state index contributed by atoms with van der Waals surface area (Å²) in [5.74, 6) is 0.342. The van der Waals surface area contributed by atoms with Crippen LogP contribution in [0.3, 0.4) is 0 Å². The molecule has 168 valence electrons. The summed E-state index contributed by atoms with van der Waals surface area (Å²) in [6.07, 6.45) is 0.890. The Balaban J connectivity index is 1.83. The molecule has 3 rings (SSSR count). The number of hydrogen-bond acceptors (Lipinski definition) is 5. The molecular formula is C25H30N4O2S.